The summed E-state index contributed by atoms with van der Waals surface area (Å²) >= 11 is 0. The molecule has 3 aromatic rings. The number of aromatic amines is 2. The summed E-state index contributed by atoms with van der Waals surface area (Å²) in [6, 6.07) is 9.78. The Balaban J connectivity index is 2.47. The van der Waals surface area contributed by atoms with Crippen LogP contribution in [0.5, 0.6) is 0 Å². The fraction of sp³-hybridized carbons (Fsp3) is 0.143. The van der Waals surface area contributed by atoms with Crippen LogP contribution < -0.4 is 11.2 Å². The van der Waals surface area contributed by atoms with Crippen molar-refractivity contribution in [3.05, 3.63) is 56.7 Å². The van der Waals surface area contributed by atoms with Crippen LogP contribution in [-0.2, 0) is 6.42 Å². The normalized spacial score (nSPS) is 11.2. The Labute approximate surface area is 102 Å². The van der Waals surface area contributed by atoms with E-state index < -0.39 is 5.69 Å². The van der Waals surface area contributed by atoms with Crippen LogP contribution in [0, 0.1) is 0 Å². The first-order valence-corrected chi connectivity index (χ1v) is 5.86. The third-order valence-electron chi connectivity index (χ3n) is 3.17. The van der Waals surface area contributed by atoms with Gasteiger partial charge in [0.25, 0.3) is 5.56 Å². The summed E-state index contributed by atoms with van der Waals surface area (Å²) in [6.07, 6.45) is 0.954. The molecule has 0 aliphatic carbocycles. The lowest BCUT2D eigenvalue weighted by molar-refractivity contribution is 1.08. The summed E-state index contributed by atoms with van der Waals surface area (Å²) in [5.74, 6) is 0. The third kappa shape index (κ3) is 1.62. The summed E-state index contributed by atoms with van der Waals surface area (Å²) < 4.78 is 0. The van der Waals surface area contributed by atoms with E-state index in [2.05, 4.69) is 29.0 Å². The number of H-pyrrole nitrogens is 2. The van der Waals surface area contributed by atoms with E-state index in [9.17, 15) is 9.59 Å². The predicted octanol–water partition coefficient (Wildman–Crippen LogP) is 1.93. The molecule has 90 valence electrons. The quantitative estimate of drug-likeness (QED) is 0.638. The van der Waals surface area contributed by atoms with E-state index in [1.54, 1.807) is 0 Å². The zero-order valence-corrected chi connectivity index (χ0v) is 9.91. The number of aromatic nitrogens is 2. The lowest BCUT2D eigenvalue weighted by Gasteiger charge is -2.03. The van der Waals surface area contributed by atoms with Gasteiger partial charge in [-0.15, -0.1) is 0 Å². The van der Waals surface area contributed by atoms with Gasteiger partial charge in [-0.25, -0.2) is 4.79 Å². The maximum absolute atomic E-state index is 11.7. The van der Waals surface area contributed by atoms with Gasteiger partial charge in [-0.2, -0.15) is 0 Å². The molecule has 0 radical (unpaired) electrons. The molecule has 3 rings (SSSR count). The molecular formula is C14H12N2O2. The molecule has 0 saturated heterocycles. The SMILES string of the molecule is CCc1ccc2cc3[nH]c(=O)[nH]c(=O)c3cc2c1. The molecule has 0 bridgehead atoms. The van der Waals surface area contributed by atoms with Gasteiger partial charge >= 0.3 is 5.69 Å². The molecule has 0 atom stereocenters. The maximum Gasteiger partial charge on any atom is 0.326 e. The molecule has 0 saturated carbocycles. The fourth-order valence-electron chi connectivity index (χ4n) is 2.18. The van der Waals surface area contributed by atoms with Gasteiger partial charge in [-0.3, -0.25) is 9.78 Å². The highest BCUT2D eigenvalue weighted by molar-refractivity contribution is 5.96. The molecule has 4 nitrogen and oxygen atoms in total. The van der Waals surface area contributed by atoms with Crippen molar-refractivity contribution in [2.75, 3.05) is 0 Å². The van der Waals surface area contributed by atoms with Gasteiger partial charge in [0, 0.05) is 0 Å². The van der Waals surface area contributed by atoms with Crippen LogP contribution in [0.1, 0.15) is 12.5 Å². The third-order valence-corrected chi connectivity index (χ3v) is 3.17. The molecule has 2 aromatic carbocycles. The molecule has 0 unspecified atom stereocenters. The average Bonchev–Trinajstić information content (AvgIpc) is 2.36. The predicted molar refractivity (Wildman–Crippen MR) is 72.1 cm³/mol. The number of aryl methyl sites for hydroxylation is 1. The lowest BCUT2D eigenvalue weighted by atomic mass is 10.0. The molecule has 1 aromatic heterocycles. The fourth-order valence-corrected chi connectivity index (χ4v) is 2.18. The number of nitrogens with one attached hydrogen (secondary N) is 2. The van der Waals surface area contributed by atoms with Gasteiger partial charge in [0.2, 0.25) is 0 Å². The highest BCUT2D eigenvalue weighted by Crippen LogP contribution is 2.20. The summed E-state index contributed by atoms with van der Waals surface area (Å²) in [5, 5.41) is 2.54. The van der Waals surface area contributed by atoms with Crippen LogP contribution >= 0.6 is 0 Å². The van der Waals surface area contributed by atoms with Crippen molar-refractivity contribution >= 4 is 21.7 Å². The Morgan fingerprint density at radius 1 is 1.00 bits per heavy atom. The average molecular weight is 240 g/mol. The molecule has 1 heterocycles. The summed E-state index contributed by atoms with van der Waals surface area (Å²) in [6.45, 7) is 2.09. The highest BCUT2D eigenvalue weighted by atomic mass is 16.2. The van der Waals surface area contributed by atoms with Crippen LogP contribution in [0.4, 0.5) is 0 Å². The number of hydrogen-bond donors (Lipinski definition) is 2. The Bertz CT molecular complexity index is 859. The van der Waals surface area contributed by atoms with E-state index in [1.807, 2.05) is 18.2 Å². The Morgan fingerprint density at radius 3 is 2.61 bits per heavy atom. The van der Waals surface area contributed by atoms with Crippen LogP contribution in [0.2, 0.25) is 0 Å². The van der Waals surface area contributed by atoms with Gasteiger partial charge in [0.15, 0.2) is 0 Å². The highest BCUT2D eigenvalue weighted by Gasteiger charge is 2.03. The maximum atomic E-state index is 11.7. The lowest BCUT2D eigenvalue weighted by Crippen LogP contribution is -2.21. The second-order valence-electron chi connectivity index (χ2n) is 4.34. The molecule has 18 heavy (non-hydrogen) atoms. The second kappa shape index (κ2) is 3.84. The van der Waals surface area contributed by atoms with E-state index in [0.717, 1.165) is 17.2 Å². The number of benzene rings is 2. The minimum atomic E-state index is -0.475. The minimum absolute atomic E-state index is 0.349. The van der Waals surface area contributed by atoms with Crippen LogP contribution in [0.3, 0.4) is 0 Å². The molecular weight excluding hydrogens is 228 g/mol. The van der Waals surface area contributed by atoms with Crippen molar-refractivity contribution in [1.82, 2.24) is 9.97 Å². The van der Waals surface area contributed by atoms with Gasteiger partial charge in [0.1, 0.15) is 0 Å². The van der Waals surface area contributed by atoms with Crippen LogP contribution in [-0.4, -0.2) is 9.97 Å². The van der Waals surface area contributed by atoms with Gasteiger partial charge in [0.05, 0.1) is 10.9 Å². The van der Waals surface area contributed by atoms with Crippen molar-refractivity contribution < 1.29 is 0 Å². The van der Waals surface area contributed by atoms with Crippen molar-refractivity contribution in [2.24, 2.45) is 0 Å². The topological polar surface area (TPSA) is 65.7 Å². The first-order chi connectivity index (χ1) is 8.67. The summed E-state index contributed by atoms with van der Waals surface area (Å²) in [4.78, 5) is 27.8. The van der Waals surface area contributed by atoms with Crippen molar-refractivity contribution in [3.8, 4) is 0 Å². The number of hydrogen-bond acceptors (Lipinski definition) is 2. The van der Waals surface area contributed by atoms with E-state index >= 15 is 0 Å². The zero-order chi connectivity index (χ0) is 12.7. The van der Waals surface area contributed by atoms with E-state index in [4.69, 9.17) is 0 Å². The van der Waals surface area contributed by atoms with Crippen LogP contribution in [0.15, 0.2) is 39.9 Å². The molecule has 0 spiro atoms. The first-order valence-electron chi connectivity index (χ1n) is 5.86. The molecule has 4 heteroatoms. The Hall–Kier alpha value is -2.36. The molecule has 0 aliphatic rings. The van der Waals surface area contributed by atoms with Gasteiger partial charge in [-0.1, -0.05) is 25.1 Å². The largest absolute Gasteiger partial charge is 0.326 e. The van der Waals surface area contributed by atoms with E-state index in [-0.39, 0.29) is 5.56 Å². The number of rotatable bonds is 1. The standard InChI is InChI=1S/C14H12N2O2/c1-2-8-3-4-9-7-12-11(6-10(9)5-8)13(17)16-14(18)15-12/h3-7H,2H2,1H3,(H2,15,16,17,18). The van der Waals surface area contributed by atoms with Crippen molar-refractivity contribution in [3.63, 3.8) is 0 Å². The molecule has 0 amide bonds. The molecule has 0 aliphatic heterocycles. The zero-order valence-electron chi connectivity index (χ0n) is 9.91. The van der Waals surface area contributed by atoms with Crippen molar-refractivity contribution in [2.45, 2.75) is 13.3 Å². The number of fused-ring (bicyclic) bond motifs is 2. The second-order valence-corrected chi connectivity index (χ2v) is 4.34. The van der Waals surface area contributed by atoms with Gasteiger partial charge < -0.3 is 4.98 Å². The van der Waals surface area contributed by atoms with Gasteiger partial charge in [-0.05, 0) is 34.9 Å². The van der Waals surface area contributed by atoms with E-state index in [0.29, 0.717) is 10.9 Å². The monoisotopic (exact) mass is 240 g/mol. The van der Waals surface area contributed by atoms with E-state index in [1.165, 1.54) is 5.56 Å². The smallest absolute Gasteiger partial charge is 0.307 e. The summed E-state index contributed by atoms with van der Waals surface area (Å²) in [7, 11) is 0. The minimum Gasteiger partial charge on any atom is -0.307 e. The van der Waals surface area contributed by atoms with Crippen molar-refractivity contribution in [1.29, 1.82) is 0 Å². The molecule has 0 fully saturated rings. The Morgan fingerprint density at radius 2 is 1.83 bits per heavy atom. The Kier molecular flexibility index (Phi) is 2.30. The molecule has 2 N–H and O–H groups in total. The first kappa shape index (κ1) is 10.8. The van der Waals surface area contributed by atoms with Crippen LogP contribution in [0.25, 0.3) is 21.7 Å². The summed E-state index contributed by atoms with van der Waals surface area (Å²) in [5.41, 5.74) is 0.970.